The van der Waals surface area contributed by atoms with Gasteiger partial charge in [0, 0.05) is 31.0 Å². The molecule has 0 aliphatic carbocycles. The Bertz CT molecular complexity index is 1180. The van der Waals surface area contributed by atoms with Gasteiger partial charge in [0.1, 0.15) is 11.5 Å². The summed E-state index contributed by atoms with van der Waals surface area (Å²) in [6.07, 6.45) is 4.98. The lowest BCUT2D eigenvalue weighted by atomic mass is 10.1. The van der Waals surface area contributed by atoms with Crippen LogP contribution < -0.4 is 5.32 Å². The molecule has 0 radical (unpaired) electrons. The summed E-state index contributed by atoms with van der Waals surface area (Å²) >= 11 is 0. The number of nitrogens with one attached hydrogen (secondary N) is 1. The zero-order valence-electron chi connectivity index (χ0n) is 17.2. The van der Waals surface area contributed by atoms with Crippen molar-refractivity contribution in [2.24, 2.45) is 0 Å². The first kappa shape index (κ1) is 20.2. The highest BCUT2D eigenvalue weighted by Gasteiger charge is 2.31. The molecule has 0 spiro atoms. The van der Waals surface area contributed by atoms with Crippen molar-refractivity contribution < 1.29 is 9.59 Å². The average molecular weight is 415 g/mol. The number of aromatic nitrogens is 4. The summed E-state index contributed by atoms with van der Waals surface area (Å²) in [7, 11) is 0. The lowest BCUT2D eigenvalue weighted by molar-refractivity contribution is 0.0638. The summed E-state index contributed by atoms with van der Waals surface area (Å²) in [5, 5.41) is 11.9. The molecule has 0 saturated heterocycles. The van der Waals surface area contributed by atoms with Crippen molar-refractivity contribution in [2.45, 2.75) is 33.0 Å². The van der Waals surface area contributed by atoms with Gasteiger partial charge in [-0.3, -0.25) is 19.6 Å². The second-order valence-electron chi connectivity index (χ2n) is 7.38. The van der Waals surface area contributed by atoms with E-state index in [9.17, 15) is 9.59 Å². The van der Waals surface area contributed by atoms with Gasteiger partial charge in [-0.2, -0.15) is 5.26 Å². The van der Waals surface area contributed by atoms with Crippen LogP contribution in [0.5, 0.6) is 0 Å². The molecule has 1 aliphatic heterocycles. The monoisotopic (exact) mass is 415 g/mol. The molecule has 1 atom stereocenters. The summed E-state index contributed by atoms with van der Waals surface area (Å²) in [6.45, 7) is 5.00. The number of nitriles is 1. The fraction of sp³-hybridized carbons (Fsp3) is 0.273. The zero-order chi connectivity index (χ0) is 22.0. The van der Waals surface area contributed by atoms with Gasteiger partial charge in [0.25, 0.3) is 11.8 Å². The molecule has 4 rings (SSSR count). The number of rotatable bonds is 4. The highest BCUT2D eigenvalue weighted by atomic mass is 16.2. The van der Waals surface area contributed by atoms with Gasteiger partial charge in [-0.05, 0) is 32.0 Å². The van der Waals surface area contributed by atoms with E-state index in [1.165, 1.54) is 0 Å². The molecule has 31 heavy (non-hydrogen) atoms. The molecule has 3 aromatic rings. The molecular formula is C22H21N7O2. The predicted octanol–water partition coefficient (Wildman–Crippen LogP) is 2.00. The third kappa shape index (κ3) is 4.14. The molecule has 156 valence electrons. The van der Waals surface area contributed by atoms with Crippen LogP contribution >= 0.6 is 0 Å². The SMILES string of the molecule is Cc1cnc(CNC(=O)c2cn3c(n2)[C@@H](C)N(C(=O)c2cccc(C#N)c2)CC3)cn1. The van der Waals surface area contributed by atoms with Gasteiger partial charge in [-0.1, -0.05) is 6.07 Å². The van der Waals surface area contributed by atoms with Crippen molar-refractivity contribution in [3.63, 3.8) is 0 Å². The molecule has 1 aliphatic rings. The standard InChI is InChI=1S/C22H21N7O2/c1-14-10-25-18(11-24-14)12-26-21(30)19-13-28-6-7-29(15(2)20(28)27-19)22(31)17-5-3-4-16(8-17)9-23/h3-5,8,10-11,13,15H,6-7,12H2,1-2H3,(H,26,30)/t15-/m1/s1. The van der Waals surface area contributed by atoms with Gasteiger partial charge < -0.3 is 14.8 Å². The Kier molecular flexibility index (Phi) is 5.45. The molecule has 2 amide bonds. The van der Waals surface area contributed by atoms with Gasteiger partial charge in [-0.15, -0.1) is 0 Å². The van der Waals surface area contributed by atoms with Crippen molar-refractivity contribution in [3.05, 3.63) is 76.9 Å². The molecule has 0 saturated carbocycles. The highest BCUT2D eigenvalue weighted by Crippen LogP contribution is 2.26. The number of hydrogen-bond acceptors (Lipinski definition) is 6. The second kappa shape index (κ2) is 8.36. The molecule has 0 bridgehead atoms. The molecule has 1 aromatic carbocycles. The molecule has 1 N–H and O–H groups in total. The van der Waals surface area contributed by atoms with E-state index < -0.39 is 0 Å². The normalized spacial score (nSPS) is 15.1. The summed E-state index contributed by atoms with van der Waals surface area (Å²) in [5.41, 5.74) is 2.66. The number of nitrogens with zero attached hydrogens (tertiary/aromatic N) is 6. The van der Waals surface area contributed by atoms with Gasteiger partial charge in [-0.25, -0.2) is 4.98 Å². The van der Waals surface area contributed by atoms with E-state index >= 15 is 0 Å². The molecule has 2 aromatic heterocycles. The average Bonchev–Trinajstić information content (AvgIpc) is 3.24. The van der Waals surface area contributed by atoms with Crippen molar-refractivity contribution in [1.82, 2.24) is 29.7 Å². The maximum Gasteiger partial charge on any atom is 0.271 e. The Labute approximate surface area is 179 Å². The van der Waals surface area contributed by atoms with Gasteiger partial charge in [0.05, 0.1) is 41.8 Å². The Morgan fingerprint density at radius 3 is 2.84 bits per heavy atom. The minimum absolute atomic E-state index is 0.164. The number of carbonyl (C=O) groups excluding carboxylic acids is 2. The number of amides is 2. The smallest absolute Gasteiger partial charge is 0.271 e. The van der Waals surface area contributed by atoms with Gasteiger partial charge >= 0.3 is 0 Å². The van der Waals surface area contributed by atoms with Crippen LogP contribution in [0.1, 0.15) is 56.6 Å². The largest absolute Gasteiger partial charge is 0.345 e. The minimum atomic E-state index is -0.309. The third-order valence-corrected chi connectivity index (χ3v) is 5.23. The number of aryl methyl sites for hydroxylation is 1. The van der Waals surface area contributed by atoms with Crippen LogP contribution in [-0.4, -0.2) is 42.8 Å². The summed E-state index contributed by atoms with van der Waals surface area (Å²) in [4.78, 5) is 40.2. The van der Waals surface area contributed by atoms with E-state index in [2.05, 4.69) is 26.3 Å². The first-order valence-corrected chi connectivity index (χ1v) is 9.90. The molecule has 9 nitrogen and oxygen atoms in total. The number of fused-ring (bicyclic) bond motifs is 1. The number of carbonyl (C=O) groups is 2. The topological polar surface area (TPSA) is 117 Å². The van der Waals surface area contributed by atoms with E-state index in [0.29, 0.717) is 41.4 Å². The maximum absolute atomic E-state index is 13.0. The van der Waals surface area contributed by atoms with E-state index in [1.54, 1.807) is 47.8 Å². The number of benzene rings is 1. The molecule has 0 fully saturated rings. The Morgan fingerprint density at radius 2 is 2.10 bits per heavy atom. The molecule has 0 unspecified atom stereocenters. The molecular weight excluding hydrogens is 394 g/mol. The van der Waals surface area contributed by atoms with Crippen LogP contribution in [0.15, 0.2) is 42.9 Å². The maximum atomic E-state index is 13.0. The van der Waals surface area contributed by atoms with Crippen LogP contribution in [-0.2, 0) is 13.1 Å². The Balaban J connectivity index is 1.47. The highest BCUT2D eigenvalue weighted by molar-refractivity contribution is 5.95. The summed E-state index contributed by atoms with van der Waals surface area (Å²) in [6, 6.07) is 8.39. The number of imidazole rings is 1. The molecule has 9 heteroatoms. The van der Waals surface area contributed by atoms with E-state index in [1.807, 2.05) is 18.4 Å². The number of hydrogen-bond donors (Lipinski definition) is 1. The van der Waals surface area contributed by atoms with Crippen LogP contribution in [0, 0.1) is 18.3 Å². The van der Waals surface area contributed by atoms with E-state index in [0.717, 1.165) is 5.69 Å². The van der Waals surface area contributed by atoms with Crippen molar-refractivity contribution in [2.75, 3.05) is 6.54 Å². The molecule has 3 heterocycles. The lowest BCUT2D eigenvalue weighted by Crippen LogP contribution is -2.41. The fourth-order valence-corrected chi connectivity index (χ4v) is 3.54. The minimum Gasteiger partial charge on any atom is -0.345 e. The first-order valence-electron chi connectivity index (χ1n) is 9.90. The summed E-state index contributed by atoms with van der Waals surface area (Å²) in [5.74, 6) is 0.176. The fourth-order valence-electron chi connectivity index (χ4n) is 3.54. The first-order chi connectivity index (χ1) is 15.0. The lowest BCUT2D eigenvalue weighted by Gasteiger charge is -2.33. The van der Waals surface area contributed by atoms with Crippen molar-refractivity contribution in [3.8, 4) is 6.07 Å². The van der Waals surface area contributed by atoms with Crippen molar-refractivity contribution >= 4 is 11.8 Å². The Morgan fingerprint density at radius 1 is 1.26 bits per heavy atom. The zero-order valence-corrected chi connectivity index (χ0v) is 17.2. The summed E-state index contributed by atoms with van der Waals surface area (Å²) < 4.78 is 1.90. The Hall–Kier alpha value is -4.06. The van der Waals surface area contributed by atoms with E-state index in [4.69, 9.17) is 5.26 Å². The van der Waals surface area contributed by atoms with Gasteiger partial charge in [0.2, 0.25) is 0 Å². The van der Waals surface area contributed by atoms with Crippen molar-refractivity contribution in [1.29, 1.82) is 5.26 Å². The predicted molar refractivity (Wildman–Crippen MR) is 111 cm³/mol. The van der Waals surface area contributed by atoms with Crippen LogP contribution in [0.2, 0.25) is 0 Å². The second-order valence-corrected chi connectivity index (χ2v) is 7.38. The quantitative estimate of drug-likeness (QED) is 0.697. The third-order valence-electron chi connectivity index (χ3n) is 5.23. The van der Waals surface area contributed by atoms with E-state index in [-0.39, 0.29) is 24.4 Å². The van der Waals surface area contributed by atoms with Crippen LogP contribution in [0.25, 0.3) is 0 Å². The van der Waals surface area contributed by atoms with Crippen LogP contribution in [0.3, 0.4) is 0 Å². The van der Waals surface area contributed by atoms with Crippen LogP contribution in [0.4, 0.5) is 0 Å². The van der Waals surface area contributed by atoms with Gasteiger partial charge in [0.15, 0.2) is 0 Å².